The molecule has 0 amide bonds. The molecule has 2 saturated carbocycles. The highest BCUT2D eigenvalue weighted by Crippen LogP contribution is 2.84. The Balaban J connectivity index is 1.37. The van der Waals surface area contributed by atoms with Crippen LogP contribution < -0.4 is 0 Å². The number of methoxy groups -OCH3 is 2. The molecule has 11 nitrogen and oxygen atoms in total. The first-order chi connectivity index (χ1) is 22.8. The average Bonchev–Trinajstić information content (AvgIpc) is 3.75. The molecule has 5 aliphatic rings. The second-order valence-corrected chi connectivity index (χ2v) is 14.8. The van der Waals surface area contributed by atoms with E-state index in [1.807, 2.05) is 63.2 Å². The van der Waals surface area contributed by atoms with E-state index < -0.39 is 94.4 Å². The Morgan fingerprint density at radius 2 is 1.62 bits per heavy atom. The highest BCUT2D eigenvalue weighted by molar-refractivity contribution is 5.90. The molecule has 3 saturated heterocycles. The van der Waals surface area contributed by atoms with Gasteiger partial charge in [0, 0.05) is 25.9 Å². The van der Waals surface area contributed by atoms with E-state index in [9.17, 15) is 19.2 Å². The average molecular weight is 663 g/mol. The summed E-state index contributed by atoms with van der Waals surface area (Å²) in [6.07, 6.45) is -4.49. The quantitative estimate of drug-likeness (QED) is 0.302. The monoisotopic (exact) mass is 662 g/mol. The maximum atomic E-state index is 13.9. The minimum absolute atomic E-state index is 0.287. The summed E-state index contributed by atoms with van der Waals surface area (Å²) in [7, 11) is 2.77. The Bertz CT molecular complexity index is 1630. The van der Waals surface area contributed by atoms with Gasteiger partial charge in [0.05, 0.1) is 29.4 Å². The van der Waals surface area contributed by atoms with Gasteiger partial charge in [0.25, 0.3) is 0 Å². The maximum absolute atomic E-state index is 13.9. The molecule has 0 radical (unpaired) electrons. The SMILES string of the molecule is COC(=O)C(C)C1CCC23C4O[C@@H](OC(=O)c5ccc(-c6ccccc6)cc5)C12OC1OC(=O)[C@H](OC)C13C(C(C)(C)C)[C@H]4OC(C)=O. The summed E-state index contributed by atoms with van der Waals surface area (Å²) >= 11 is 0. The van der Waals surface area contributed by atoms with Gasteiger partial charge in [-0.05, 0) is 41.5 Å². The molecule has 0 aromatic heterocycles. The Morgan fingerprint density at radius 3 is 2.23 bits per heavy atom. The van der Waals surface area contributed by atoms with Crippen molar-refractivity contribution in [2.45, 2.75) is 84.0 Å². The van der Waals surface area contributed by atoms with E-state index in [1.165, 1.54) is 21.1 Å². The van der Waals surface area contributed by atoms with Crippen molar-refractivity contribution in [3.63, 3.8) is 0 Å². The number of hydrogen-bond donors (Lipinski definition) is 0. The van der Waals surface area contributed by atoms with E-state index in [2.05, 4.69) is 0 Å². The summed E-state index contributed by atoms with van der Waals surface area (Å²) in [6.45, 7) is 9.10. The normalized spacial score (nSPS) is 38.1. The zero-order valence-electron chi connectivity index (χ0n) is 28.2. The van der Waals surface area contributed by atoms with Crippen molar-refractivity contribution in [2.24, 2.45) is 34.0 Å². The summed E-state index contributed by atoms with van der Waals surface area (Å²) in [5.74, 6) is -4.08. The molecule has 3 aliphatic heterocycles. The predicted octanol–water partition coefficient (Wildman–Crippen LogP) is 4.70. The highest BCUT2D eigenvalue weighted by atomic mass is 16.8. The van der Waals surface area contributed by atoms with Gasteiger partial charge in [-0.3, -0.25) is 9.59 Å². The van der Waals surface area contributed by atoms with Crippen molar-refractivity contribution >= 4 is 23.9 Å². The molecule has 2 spiro atoms. The lowest BCUT2D eigenvalue weighted by Crippen LogP contribution is -2.61. The van der Waals surface area contributed by atoms with Gasteiger partial charge in [-0.1, -0.05) is 70.2 Å². The first-order valence-electron chi connectivity index (χ1n) is 16.5. The molecule has 0 bridgehead atoms. The molecule has 7 rings (SSSR count). The lowest BCUT2D eigenvalue weighted by atomic mass is 9.51. The summed E-state index contributed by atoms with van der Waals surface area (Å²) in [5, 5.41) is 0. The highest BCUT2D eigenvalue weighted by Gasteiger charge is 2.97. The van der Waals surface area contributed by atoms with Crippen LogP contribution in [0, 0.1) is 34.0 Å². The summed E-state index contributed by atoms with van der Waals surface area (Å²) in [5.41, 5.74) is -2.18. The van der Waals surface area contributed by atoms with Gasteiger partial charge in [0.1, 0.15) is 17.8 Å². The van der Waals surface area contributed by atoms with Crippen LogP contribution in [0.2, 0.25) is 0 Å². The lowest BCUT2D eigenvalue weighted by Gasteiger charge is -2.48. The Hall–Kier alpha value is -3.80. The number of carbonyl (C=O) groups is 4. The van der Waals surface area contributed by atoms with Gasteiger partial charge in [0.2, 0.25) is 12.6 Å². The fourth-order valence-corrected chi connectivity index (χ4v) is 10.5. The van der Waals surface area contributed by atoms with E-state index in [0.717, 1.165) is 11.1 Å². The molecule has 5 fully saturated rings. The third kappa shape index (κ3) is 4.04. The minimum atomic E-state index is -1.48. The smallest absolute Gasteiger partial charge is 0.340 e. The van der Waals surface area contributed by atoms with Crippen molar-refractivity contribution in [3.8, 4) is 11.1 Å². The van der Waals surface area contributed by atoms with Crippen LogP contribution in [0.25, 0.3) is 11.1 Å². The van der Waals surface area contributed by atoms with Crippen molar-refractivity contribution in [1.82, 2.24) is 0 Å². The van der Waals surface area contributed by atoms with Crippen LogP contribution in [0.1, 0.15) is 57.8 Å². The van der Waals surface area contributed by atoms with Crippen molar-refractivity contribution < 1.29 is 52.3 Å². The number of rotatable bonds is 7. The second-order valence-electron chi connectivity index (χ2n) is 14.8. The summed E-state index contributed by atoms with van der Waals surface area (Å²) in [6, 6.07) is 16.8. The van der Waals surface area contributed by atoms with Crippen molar-refractivity contribution in [1.29, 1.82) is 0 Å². The molecule has 11 heteroatoms. The van der Waals surface area contributed by atoms with E-state index in [1.54, 1.807) is 19.1 Å². The maximum Gasteiger partial charge on any atom is 0.340 e. The lowest BCUT2D eigenvalue weighted by molar-refractivity contribution is -0.253. The van der Waals surface area contributed by atoms with E-state index in [-0.39, 0.29) is 5.56 Å². The Kier molecular flexibility index (Phi) is 7.58. The van der Waals surface area contributed by atoms with E-state index in [0.29, 0.717) is 12.8 Å². The second kappa shape index (κ2) is 11.1. The van der Waals surface area contributed by atoms with Gasteiger partial charge in [-0.2, -0.15) is 0 Å². The van der Waals surface area contributed by atoms with Gasteiger partial charge in [0.15, 0.2) is 6.10 Å². The fourth-order valence-electron chi connectivity index (χ4n) is 10.5. The summed E-state index contributed by atoms with van der Waals surface area (Å²) in [4.78, 5) is 53.5. The molecule has 48 heavy (non-hydrogen) atoms. The number of carbonyl (C=O) groups excluding carboxylic acids is 4. The minimum Gasteiger partial charge on any atom is -0.469 e. The molecule has 2 aromatic carbocycles. The first kappa shape index (κ1) is 32.7. The van der Waals surface area contributed by atoms with Gasteiger partial charge < -0.3 is 33.2 Å². The Labute approximate surface area is 279 Å². The topological polar surface area (TPSA) is 133 Å². The molecule has 8 unspecified atom stereocenters. The number of esters is 4. The molecule has 2 aromatic rings. The largest absolute Gasteiger partial charge is 0.469 e. The van der Waals surface area contributed by atoms with Crippen LogP contribution in [0.3, 0.4) is 0 Å². The van der Waals surface area contributed by atoms with Crippen LogP contribution in [0.15, 0.2) is 54.6 Å². The van der Waals surface area contributed by atoms with Crippen LogP contribution in [0.4, 0.5) is 0 Å². The van der Waals surface area contributed by atoms with Crippen LogP contribution >= 0.6 is 0 Å². The number of hydrogen-bond acceptors (Lipinski definition) is 11. The molecule has 3 heterocycles. The summed E-state index contributed by atoms with van der Waals surface area (Å²) < 4.78 is 43.4. The van der Waals surface area contributed by atoms with E-state index in [4.69, 9.17) is 33.2 Å². The first-order valence-corrected chi connectivity index (χ1v) is 16.5. The van der Waals surface area contributed by atoms with Crippen molar-refractivity contribution in [2.75, 3.05) is 14.2 Å². The zero-order valence-corrected chi connectivity index (χ0v) is 28.2. The number of ether oxygens (including phenoxy) is 7. The molecule has 2 aliphatic carbocycles. The number of benzene rings is 2. The van der Waals surface area contributed by atoms with E-state index >= 15 is 0 Å². The Morgan fingerprint density at radius 1 is 0.958 bits per heavy atom. The van der Waals surface area contributed by atoms with Gasteiger partial charge in [-0.25, -0.2) is 9.59 Å². The van der Waals surface area contributed by atoms with Gasteiger partial charge in [-0.15, -0.1) is 0 Å². The molecule has 11 atom stereocenters. The van der Waals surface area contributed by atoms with Gasteiger partial charge >= 0.3 is 23.9 Å². The fraction of sp³-hybridized carbons (Fsp3) is 0.568. The predicted molar refractivity (Wildman–Crippen MR) is 168 cm³/mol. The molecule has 256 valence electrons. The third-order valence-corrected chi connectivity index (χ3v) is 11.8. The van der Waals surface area contributed by atoms with Crippen LogP contribution in [-0.2, 0) is 47.5 Å². The van der Waals surface area contributed by atoms with Crippen LogP contribution in [0.5, 0.6) is 0 Å². The molecular weight excluding hydrogens is 620 g/mol. The molecule has 0 N–H and O–H groups in total. The van der Waals surface area contributed by atoms with Crippen molar-refractivity contribution in [3.05, 3.63) is 60.2 Å². The standard InChI is InChI=1S/C37H42O11/c1-19(29(39)43-7)24-17-18-35-27-25(44-20(2)38)26(34(3,4)5)36(35)28(42-6)31(41)47-32(36)48-37(24,35)33(45-27)46-30(40)23-15-13-22(14-16-23)21-11-9-8-10-12-21/h8-16,19,24-28,32-33H,17-18H2,1-7H3/t19?,24?,25-,26?,27?,28+,32?,33+,35?,36?,37?/m1/s1. The third-order valence-electron chi connectivity index (χ3n) is 11.8. The molecular formula is C37H42O11. The zero-order chi connectivity index (χ0) is 34.4. The van der Waals surface area contributed by atoms with Crippen LogP contribution in [-0.4, -0.2) is 74.6 Å².